The Morgan fingerprint density at radius 1 is 1.05 bits per heavy atom. The summed E-state index contributed by atoms with van der Waals surface area (Å²) in [7, 11) is 0. The van der Waals surface area contributed by atoms with Crippen molar-refractivity contribution in [2.24, 2.45) is 10.2 Å². The molecule has 0 fully saturated rings. The highest BCUT2D eigenvalue weighted by molar-refractivity contribution is 14.1. The van der Waals surface area contributed by atoms with Crippen LogP contribution in [0, 0.1) is 3.57 Å². The molecule has 0 aliphatic carbocycles. The molecule has 0 radical (unpaired) electrons. The third-order valence-electron chi connectivity index (χ3n) is 2.48. The maximum atomic E-state index is 5.62. The summed E-state index contributed by atoms with van der Waals surface area (Å²) in [6.45, 7) is 0. The van der Waals surface area contributed by atoms with Gasteiger partial charge in [0.05, 0.1) is 15.9 Å². The average molecular weight is 378 g/mol. The van der Waals surface area contributed by atoms with Crippen molar-refractivity contribution in [1.29, 1.82) is 0 Å². The quantitative estimate of drug-likeness (QED) is 0.392. The van der Waals surface area contributed by atoms with Crippen molar-refractivity contribution in [1.82, 2.24) is 4.98 Å². The van der Waals surface area contributed by atoms with Gasteiger partial charge in [0.1, 0.15) is 0 Å². The van der Waals surface area contributed by atoms with Gasteiger partial charge < -0.3 is 5.73 Å². The lowest BCUT2D eigenvalue weighted by Crippen LogP contribution is -1.80. The van der Waals surface area contributed by atoms with Crippen LogP contribution in [0.3, 0.4) is 0 Å². The number of nitrogens with two attached hydrogens (primary N) is 1. The van der Waals surface area contributed by atoms with Gasteiger partial charge in [0.25, 0.3) is 0 Å². The maximum absolute atomic E-state index is 5.62. The SMILES string of the molecule is Nc1ccc(N=Nc2nc3ccc([125I])cc3s2)cc1. The van der Waals surface area contributed by atoms with Crippen LogP contribution in [-0.4, -0.2) is 4.98 Å². The zero-order valence-corrected chi connectivity index (χ0v) is 12.7. The number of aromatic nitrogens is 1. The molecule has 6 heteroatoms. The van der Waals surface area contributed by atoms with Crippen molar-refractivity contribution in [3.63, 3.8) is 0 Å². The summed E-state index contributed by atoms with van der Waals surface area (Å²) >= 11 is 3.82. The number of nitrogens with zero attached hydrogens (tertiary/aromatic N) is 3. The minimum Gasteiger partial charge on any atom is -0.399 e. The molecule has 0 saturated carbocycles. The van der Waals surface area contributed by atoms with E-state index in [4.69, 9.17) is 5.73 Å². The predicted octanol–water partition coefficient (Wildman–Crippen LogP) is 4.90. The fourth-order valence-electron chi connectivity index (χ4n) is 1.57. The fourth-order valence-corrected chi connectivity index (χ4v) is 3.10. The van der Waals surface area contributed by atoms with Crippen molar-refractivity contribution in [2.45, 2.75) is 0 Å². The normalized spacial score (nSPS) is 11.4. The van der Waals surface area contributed by atoms with Crippen molar-refractivity contribution in [3.8, 4) is 0 Å². The highest BCUT2D eigenvalue weighted by atomic mass is 125. The second kappa shape index (κ2) is 5.22. The first-order valence-corrected chi connectivity index (χ1v) is 7.43. The van der Waals surface area contributed by atoms with E-state index in [1.165, 1.54) is 14.9 Å². The number of fused-ring (bicyclic) bond motifs is 1. The van der Waals surface area contributed by atoms with E-state index in [1.807, 2.05) is 24.3 Å². The third-order valence-corrected chi connectivity index (χ3v) is 4.06. The van der Waals surface area contributed by atoms with E-state index >= 15 is 0 Å². The molecule has 0 bridgehead atoms. The number of halogens is 1. The Balaban J connectivity index is 1.90. The van der Waals surface area contributed by atoms with Gasteiger partial charge in [0, 0.05) is 9.26 Å². The molecular formula is C13H9IN4S. The lowest BCUT2D eigenvalue weighted by Gasteiger charge is -1.92. The summed E-state index contributed by atoms with van der Waals surface area (Å²) < 4.78 is 2.31. The van der Waals surface area contributed by atoms with Gasteiger partial charge in [0.2, 0.25) is 5.13 Å². The topological polar surface area (TPSA) is 63.6 Å². The highest BCUT2D eigenvalue weighted by Crippen LogP contribution is 2.30. The number of anilines is 1. The lowest BCUT2D eigenvalue weighted by molar-refractivity contribution is 1.21. The number of thiazole rings is 1. The zero-order chi connectivity index (χ0) is 13.2. The Labute approximate surface area is 127 Å². The summed E-state index contributed by atoms with van der Waals surface area (Å²) in [5, 5.41) is 8.97. The monoisotopic (exact) mass is 378 g/mol. The molecule has 3 aromatic rings. The van der Waals surface area contributed by atoms with E-state index < -0.39 is 0 Å². The second-order valence-corrected chi connectivity index (χ2v) is 6.15. The second-order valence-electron chi connectivity index (χ2n) is 3.90. The maximum Gasteiger partial charge on any atom is 0.231 e. The van der Waals surface area contributed by atoms with E-state index in [1.54, 1.807) is 12.1 Å². The van der Waals surface area contributed by atoms with Crippen molar-refractivity contribution >= 4 is 60.7 Å². The first-order chi connectivity index (χ1) is 9.20. The number of nitrogen functional groups attached to an aromatic ring is 1. The summed E-state index contributed by atoms with van der Waals surface area (Å²) in [6.07, 6.45) is 0. The van der Waals surface area contributed by atoms with Crippen molar-refractivity contribution < 1.29 is 0 Å². The first-order valence-electron chi connectivity index (χ1n) is 5.54. The van der Waals surface area contributed by atoms with Crippen LogP contribution in [0.25, 0.3) is 10.2 Å². The number of benzene rings is 2. The van der Waals surface area contributed by atoms with Crippen LogP contribution < -0.4 is 5.73 Å². The number of azo groups is 1. The number of hydrogen-bond donors (Lipinski definition) is 1. The zero-order valence-electron chi connectivity index (χ0n) is 9.75. The smallest absolute Gasteiger partial charge is 0.231 e. The van der Waals surface area contributed by atoms with Crippen LogP contribution in [0.4, 0.5) is 16.5 Å². The Hall–Kier alpha value is -1.54. The molecule has 1 aromatic heterocycles. The minimum atomic E-state index is 0.661. The largest absolute Gasteiger partial charge is 0.399 e. The molecule has 3 rings (SSSR count). The van der Waals surface area contributed by atoms with Gasteiger partial charge in [-0.05, 0) is 65.1 Å². The van der Waals surface area contributed by atoms with Crippen LogP contribution in [-0.2, 0) is 0 Å². The minimum absolute atomic E-state index is 0.661. The Kier molecular flexibility index (Phi) is 3.43. The Bertz CT molecular complexity index is 749. The summed E-state index contributed by atoms with van der Waals surface area (Å²) in [5.41, 5.74) is 8.05. The van der Waals surface area contributed by atoms with E-state index in [9.17, 15) is 0 Å². The molecule has 1 heterocycles. The molecule has 0 saturated heterocycles. The van der Waals surface area contributed by atoms with E-state index in [0.717, 1.165) is 15.9 Å². The lowest BCUT2D eigenvalue weighted by atomic mass is 10.3. The molecule has 2 aromatic carbocycles. The van der Waals surface area contributed by atoms with E-state index in [-0.39, 0.29) is 0 Å². The van der Waals surface area contributed by atoms with E-state index in [0.29, 0.717) is 10.8 Å². The molecule has 4 nitrogen and oxygen atoms in total. The predicted molar refractivity (Wildman–Crippen MR) is 87.4 cm³/mol. The van der Waals surface area contributed by atoms with Gasteiger partial charge in [0.15, 0.2) is 0 Å². The van der Waals surface area contributed by atoms with Gasteiger partial charge in [-0.15, -0.1) is 10.2 Å². The third kappa shape index (κ3) is 2.90. The van der Waals surface area contributed by atoms with Crippen molar-refractivity contribution in [2.75, 3.05) is 5.73 Å². The highest BCUT2D eigenvalue weighted by Gasteiger charge is 2.03. The Morgan fingerprint density at radius 2 is 1.84 bits per heavy atom. The molecule has 2 N–H and O–H groups in total. The van der Waals surface area contributed by atoms with Gasteiger partial charge in [-0.2, -0.15) is 0 Å². The average Bonchev–Trinajstić information content (AvgIpc) is 2.80. The first kappa shape index (κ1) is 12.5. The van der Waals surface area contributed by atoms with Crippen molar-refractivity contribution in [3.05, 3.63) is 46.0 Å². The molecule has 0 aliphatic heterocycles. The van der Waals surface area contributed by atoms with Crippen LogP contribution in [0.15, 0.2) is 52.7 Å². The number of hydrogen-bond acceptors (Lipinski definition) is 5. The molecular weight excluding hydrogens is 369 g/mol. The molecule has 0 atom stereocenters. The number of rotatable bonds is 2. The van der Waals surface area contributed by atoms with E-state index in [2.05, 4.69) is 43.9 Å². The molecule has 0 unspecified atom stereocenters. The van der Waals surface area contributed by atoms with Gasteiger partial charge in [-0.1, -0.05) is 11.3 Å². The Morgan fingerprint density at radius 3 is 2.63 bits per heavy atom. The van der Waals surface area contributed by atoms with Crippen LogP contribution >= 0.6 is 33.9 Å². The van der Waals surface area contributed by atoms with Gasteiger partial charge in [-0.3, -0.25) is 0 Å². The molecule has 0 amide bonds. The van der Waals surface area contributed by atoms with Crippen LogP contribution in [0.2, 0.25) is 0 Å². The van der Waals surface area contributed by atoms with Gasteiger partial charge >= 0.3 is 0 Å². The summed E-state index contributed by atoms with van der Waals surface area (Å²) in [6, 6.07) is 13.4. The standard InChI is InChI=1S/C13H9IN4S/c14-8-1-6-11-12(7-8)19-13(16-11)18-17-10-4-2-9(15)3-5-10/h1-7H,15H2/i14-2. The van der Waals surface area contributed by atoms with Crippen LogP contribution in [0.5, 0.6) is 0 Å². The van der Waals surface area contributed by atoms with Gasteiger partial charge in [-0.25, -0.2) is 4.98 Å². The summed E-state index contributed by atoms with van der Waals surface area (Å²) in [4.78, 5) is 4.42. The molecule has 94 valence electrons. The molecule has 19 heavy (non-hydrogen) atoms. The summed E-state index contributed by atoms with van der Waals surface area (Å²) in [5.74, 6) is 0. The fraction of sp³-hybridized carbons (Fsp3) is 0. The molecule has 0 aliphatic rings. The molecule has 0 spiro atoms. The van der Waals surface area contributed by atoms with Crippen LogP contribution in [0.1, 0.15) is 0 Å².